The second-order valence-corrected chi connectivity index (χ2v) is 6.40. The number of hydrogen-bond acceptors (Lipinski definition) is 4. The summed E-state index contributed by atoms with van der Waals surface area (Å²) in [6.07, 6.45) is 0. The lowest BCUT2D eigenvalue weighted by Crippen LogP contribution is -2.40. The van der Waals surface area contributed by atoms with Crippen molar-refractivity contribution in [3.8, 4) is 0 Å². The predicted molar refractivity (Wildman–Crippen MR) is 95.9 cm³/mol. The van der Waals surface area contributed by atoms with Gasteiger partial charge in [-0.05, 0) is 35.7 Å². The van der Waals surface area contributed by atoms with Gasteiger partial charge in [-0.15, -0.1) is 0 Å². The first kappa shape index (κ1) is 15.5. The number of imide groups is 1. The lowest BCUT2D eigenvalue weighted by molar-refractivity contribution is -0.384. The van der Waals surface area contributed by atoms with Crippen molar-refractivity contribution < 1.29 is 14.5 Å². The number of benzene rings is 3. The number of nitrogens with zero attached hydrogens (tertiary/aromatic N) is 2. The largest absolute Gasteiger partial charge is 0.269 e. The minimum absolute atomic E-state index is 0.105. The third-order valence-corrected chi connectivity index (χ3v) is 4.86. The highest BCUT2D eigenvalue weighted by Crippen LogP contribution is 2.36. The Morgan fingerprint density at radius 2 is 1.52 bits per heavy atom. The molecular formula is C18H9BrN2O4. The summed E-state index contributed by atoms with van der Waals surface area (Å²) in [5.41, 5.74) is 1.04. The lowest BCUT2D eigenvalue weighted by atomic mass is 9.94. The number of nitro benzene ring substituents is 1. The summed E-state index contributed by atoms with van der Waals surface area (Å²) in [6.45, 7) is 0. The van der Waals surface area contributed by atoms with E-state index in [0.717, 1.165) is 14.8 Å². The maximum Gasteiger partial charge on any atom is 0.269 e. The number of amides is 2. The Labute approximate surface area is 149 Å². The third-order valence-electron chi connectivity index (χ3n) is 4.17. The molecule has 7 heteroatoms. The van der Waals surface area contributed by atoms with Crippen molar-refractivity contribution >= 4 is 49.9 Å². The Hall–Kier alpha value is -3.06. The molecule has 122 valence electrons. The summed E-state index contributed by atoms with van der Waals surface area (Å²) in [6, 6.07) is 14.1. The average Bonchev–Trinajstić information content (AvgIpc) is 2.61. The van der Waals surface area contributed by atoms with Gasteiger partial charge in [0.1, 0.15) is 0 Å². The molecule has 1 aliphatic heterocycles. The van der Waals surface area contributed by atoms with Crippen LogP contribution in [0.1, 0.15) is 20.7 Å². The molecule has 0 aliphatic carbocycles. The van der Waals surface area contributed by atoms with Crippen LogP contribution in [0, 0.1) is 10.1 Å². The van der Waals surface area contributed by atoms with Gasteiger partial charge in [0.2, 0.25) is 0 Å². The van der Waals surface area contributed by atoms with E-state index in [2.05, 4.69) is 15.9 Å². The van der Waals surface area contributed by atoms with Crippen LogP contribution in [0.3, 0.4) is 0 Å². The second-order valence-electron chi connectivity index (χ2n) is 5.54. The molecule has 0 saturated heterocycles. The first-order chi connectivity index (χ1) is 12.0. The number of anilines is 1. The van der Waals surface area contributed by atoms with E-state index < -0.39 is 16.7 Å². The molecule has 0 unspecified atom stereocenters. The summed E-state index contributed by atoms with van der Waals surface area (Å²) in [4.78, 5) is 37.1. The van der Waals surface area contributed by atoms with Gasteiger partial charge in [0.25, 0.3) is 17.5 Å². The van der Waals surface area contributed by atoms with Gasteiger partial charge in [0, 0.05) is 33.1 Å². The Kier molecular flexibility index (Phi) is 3.40. The van der Waals surface area contributed by atoms with Crippen LogP contribution < -0.4 is 4.90 Å². The van der Waals surface area contributed by atoms with Gasteiger partial charge in [-0.2, -0.15) is 0 Å². The van der Waals surface area contributed by atoms with E-state index in [9.17, 15) is 19.7 Å². The van der Waals surface area contributed by atoms with Crippen LogP contribution in [-0.4, -0.2) is 16.7 Å². The Balaban J connectivity index is 1.91. The van der Waals surface area contributed by atoms with E-state index in [-0.39, 0.29) is 5.69 Å². The van der Waals surface area contributed by atoms with E-state index in [4.69, 9.17) is 0 Å². The number of hydrogen-bond donors (Lipinski definition) is 0. The second kappa shape index (κ2) is 5.49. The van der Waals surface area contributed by atoms with Crippen molar-refractivity contribution in [1.29, 1.82) is 0 Å². The Morgan fingerprint density at radius 1 is 0.880 bits per heavy atom. The first-order valence-electron chi connectivity index (χ1n) is 7.33. The maximum atomic E-state index is 12.9. The number of nitro groups is 1. The zero-order valence-corrected chi connectivity index (χ0v) is 14.2. The van der Waals surface area contributed by atoms with Crippen LogP contribution in [0.2, 0.25) is 0 Å². The van der Waals surface area contributed by atoms with Crippen LogP contribution in [0.4, 0.5) is 11.4 Å². The molecule has 0 fully saturated rings. The highest BCUT2D eigenvalue weighted by atomic mass is 79.9. The summed E-state index contributed by atoms with van der Waals surface area (Å²) in [5, 5.41) is 12.2. The van der Waals surface area contributed by atoms with Gasteiger partial charge >= 0.3 is 0 Å². The number of carbonyl (C=O) groups excluding carboxylic acids is 2. The summed E-state index contributed by atoms with van der Waals surface area (Å²) in [7, 11) is 0. The van der Waals surface area contributed by atoms with Gasteiger partial charge in [-0.1, -0.05) is 28.1 Å². The monoisotopic (exact) mass is 396 g/mol. The van der Waals surface area contributed by atoms with Crippen molar-refractivity contribution in [2.45, 2.75) is 0 Å². The van der Waals surface area contributed by atoms with Gasteiger partial charge in [-0.3, -0.25) is 19.7 Å². The van der Waals surface area contributed by atoms with E-state index in [1.807, 2.05) is 6.07 Å². The summed E-state index contributed by atoms with van der Waals surface area (Å²) in [5.74, 6) is -0.898. The molecule has 1 heterocycles. The predicted octanol–water partition coefficient (Wildman–Crippen LogP) is 4.31. The molecule has 3 aromatic carbocycles. The summed E-state index contributed by atoms with van der Waals surface area (Å²) >= 11 is 3.44. The molecule has 0 spiro atoms. The van der Waals surface area contributed by atoms with E-state index in [1.165, 1.54) is 24.3 Å². The van der Waals surface area contributed by atoms with Crippen molar-refractivity contribution in [1.82, 2.24) is 0 Å². The van der Waals surface area contributed by atoms with Crippen LogP contribution >= 0.6 is 15.9 Å². The zero-order valence-electron chi connectivity index (χ0n) is 12.6. The van der Waals surface area contributed by atoms with Crippen LogP contribution in [0.15, 0.2) is 59.1 Å². The van der Waals surface area contributed by atoms with Gasteiger partial charge in [-0.25, -0.2) is 4.90 Å². The molecule has 0 aromatic heterocycles. The maximum absolute atomic E-state index is 12.9. The van der Waals surface area contributed by atoms with Gasteiger partial charge in [0.05, 0.1) is 10.6 Å². The number of carbonyl (C=O) groups is 2. The molecule has 1 aliphatic rings. The normalized spacial score (nSPS) is 13.4. The molecule has 25 heavy (non-hydrogen) atoms. The molecule has 6 nitrogen and oxygen atoms in total. The number of halogens is 1. The zero-order chi connectivity index (χ0) is 17.7. The molecule has 0 atom stereocenters. The van der Waals surface area contributed by atoms with E-state index in [1.54, 1.807) is 24.3 Å². The van der Waals surface area contributed by atoms with E-state index in [0.29, 0.717) is 22.2 Å². The van der Waals surface area contributed by atoms with Crippen LogP contribution in [0.25, 0.3) is 10.8 Å². The van der Waals surface area contributed by atoms with Crippen molar-refractivity contribution in [3.63, 3.8) is 0 Å². The fourth-order valence-electron chi connectivity index (χ4n) is 3.02. The van der Waals surface area contributed by atoms with Gasteiger partial charge < -0.3 is 0 Å². The molecule has 0 radical (unpaired) electrons. The number of rotatable bonds is 2. The van der Waals surface area contributed by atoms with Crippen molar-refractivity contribution in [2.24, 2.45) is 0 Å². The molecular weight excluding hydrogens is 388 g/mol. The fraction of sp³-hybridized carbons (Fsp3) is 0. The fourth-order valence-corrected chi connectivity index (χ4v) is 3.48. The van der Waals surface area contributed by atoms with Crippen molar-refractivity contribution in [2.75, 3.05) is 4.90 Å². The Morgan fingerprint density at radius 3 is 2.16 bits per heavy atom. The molecule has 0 bridgehead atoms. The topological polar surface area (TPSA) is 80.5 Å². The van der Waals surface area contributed by atoms with E-state index >= 15 is 0 Å². The smallest absolute Gasteiger partial charge is 0.268 e. The average molecular weight is 397 g/mol. The number of non-ortho nitro benzene ring substituents is 1. The minimum Gasteiger partial charge on any atom is -0.268 e. The quantitative estimate of drug-likeness (QED) is 0.367. The first-order valence-corrected chi connectivity index (χ1v) is 8.13. The van der Waals surface area contributed by atoms with Gasteiger partial charge in [0.15, 0.2) is 0 Å². The third kappa shape index (κ3) is 2.24. The molecule has 4 rings (SSSR count). The minimum atomic E-state index is -0.531. The Bertz CT molecular complexity index is 1050. The SMILES string of the molecule is O=C1c2cccc3c(Br)ccc(c23)C(=O)N1c1ccc([N+](=O)[O-])cc1. The molecule has 0 N–H and O–H groups in total. The molecule has 2 amide bonds. The van der Waals surface area contributed by atoms with Crippen molar-refractivity contribution in [3.05, 3.63) is 80.3 Å². The highest BCUT2D eigenvalue weighted by molar-refractivity contribution is 9.10. The summed E-state index contributed by atoms with van der Waals surface area (Å²) < 4.78 is 0.803. The molecule has 0 saturated carbocycles. The van der Waals surface area contributed by atoms with Crippen LogP contribution in [0.5, 0.6) is 0 Å². The lowest BCUT2D eigenvalue weighted by Gasteiger charge is -2.27. The van der Waals surface area contributed by atoms with Crippen LogP contribution in [-0.2, 0) is 0 Å². The molecule has 3 aromatic rings. The highest BCUT2D eigenvalue weighted by Gasteiger charge is 2.34. The standard InChI is InChI=1S/C18H9BrN2O4/c19-15-9-8-14-16-12(15)2-1-3-13(16)17(22)20(18(14)23)10-4-6-11(7-5-10)21(24)25/h1-9H.